The van der Waals surface area contributed by atoms with Crippen molar-refractivity contribution in [2.75, 3.05) is 11.9 Å². The molecule has 0 aliphatic rings. The number of carboxylic acid groups (broad SMARTS) is 2. The zero-order chi connectivity index (χ0) is 27.2. The Bertz CT molecular complexity index is 1310. The first-order valence-electron chi connectivity index (χ1n) is 12.0. The normalized spacial score (nSPS) is 10.5. The van der Waals surface area contributed by atoms with E-state index in [0.717, 1.165) is 11.1 Å². The predicted molar refractivity (Wildman–Crippen MR) is 145 cm³/mol. The van der Waals surface area contributed by atoms with Crippen molar-refractivity contribution in [2.24, 2.45) is 0 Å². The lowest BCUT2D eigenvalue weighted by Crippen LogP contribution is -2.43. The van der Waals surface area contributed by atoms with Crippen LogP contribution in [-0.4, -0.2) is 40.9 Å². The van der Waals surface area contributed by atoms with Gasteiger partial charge in [-0.1, -0.05) is 60.1 Å². The van der Waals surface area contributed by atoms with Gasteiger partial charge >= 0.3 is 12.2 Å². The van der Waals surface area contributed by atoms with Crippen LogP contribution >= 0.6 is 0 Å². The molecule has 0 aliphatic heterocycles. The van der Waals surface area contributed by atoms with Gasteiger partial charge in [0.1, 0.15) is 6.04 Å². The van der Waals surface area contributed by atoms with Crippen molar-refractivity contribution in [3.05, 3.63) is 101 Å². The van der Waals surface area contributed by atoms with E-state index in [1.807, 2.05) is 66.7 Å². The molecule has 0 saturated heterocycles. The van der Waals surface area contributed by atoms with Gasteiger partial charge in [0.25, 0.3) is 0 Å². The zero-order valence-electron chi connectivity index (χ0n) is 20.5. The molecule has 0 heterocycles. The van der Waals surface area contributed by atoms with Gasteiger partial charge in [0.05, 0.1) is 0 Å². The van der Waals surface area contributed by atoms with Gasteiger partial charge in [-0.15, -0.1) is 0 Å². The van der Waals surface area contributed by atoms with Gasteiger partial charge in [-0.25, -0.2) is 9.59 Å². The Morgan fingerprint density at radius 2 is 1.21 bits per heavy atom. The van der Waals surface area contributed by atoms with Crippen LogP contribution in [0.25, 0.3) is 0 Å². The molecule has 0 aliphatic carbocycles. The first-order chi connectivity index (χ1) is 18.4. The fraction of sp³-hybridized carbons (Fsp3) is 0.167. The summed E-state index contributed by atoms with van der Waals surface area (Å²) >= 11 is 0. The first-order valence-corrected chi connectivity index (χ1v) is 12.0. The molecule has 38 heavy (non-hydrogen) atoms. The fourth-order valence-electron chi connectivity index (χ4n) is 3.49. The molecule has 1 atom stereocenters. The molecule has 3 aromatic rings. The summed E-state index contributed by atoms with van der Waals surface area (Å²) in [5.41, 5.74) is 3.36. The number of benzene rings is 3. The second kappa shape index (κ2) is 14.4. The molecule has 0 bridgehead atoms. The van der Waals surface area contributed by atoms with E-state index in [0.29, 0.717) is 29.7 Å². The van der Waals surface area contributed by atoms with Crippen LogP contribution in [0.4, 0.5) is 15.3 Å². The molecule has 0 aromatic heterocycles. The third kappa shape index (κ3) is 9.80. The van der Waals surface area contributed by atoms with Gasteiger partial charge in [0.15, 0.2) is 0 Å². The van der Waals surface area contributed by atoms with Crippen molar-refractivity contribution in [3.8, 4) is 23.7 Å². The highest BCUT2D eigenvalue weighted by molar-refractivity contribution is 5.96. The van der Waals surface area contributed by atoms with Crippen LogP contribution in [0.15, 0.2) is 78.9 Å². The Labute approximate surface area is 221 Å². The second-order valence-electron chi connectivity index (χ2n) is 8.25. The Kier molecular flexibility index (Phi) is 10.4. The van der Waals surface area contributed by atoms with E-state index in [-0.39, 0.29) is 13.0 Å². The van der Waals surface area contributed by atoms with Crippen molar-refractivity contribution >= 4 is 23.8 Å². The van der Waals surface area contributed by atoms with Crippen molar-refractivity contribution in [3.63, 3.8) is 0 Å². The predicted octanol–water partition coefficient (Wildman–Crippen LogP) is 4.50. The molecule has 5 N–H and O–H groups in total. The maximum Gasteiger partial charge on any atom is 0.405 e. The minimum atomic E-state index is -1.33. The lowest BCUT2D eigenvalue weighted by atomic mass is 10.1. The zero-order valence-corrected chi connectivity index (χ0v) is 20.5. The largest absolute Gasteiger partial charge is 0.465 e. The highest BCUT2D eigenvalue weighted by Crippen LogP contribution is 2.16. The third-order valence-corrected chi connectivity index (χ3v) is 5.26. The second-order valence-corrected chi connectivity index (χ2v) is 8.25. The summed E-state index contributed by atoms with van der Waals surface area (Å²) in [5.74, 6) is 11.8. The number of carbonyl (C=O) groups excluding carboxylic acids is 1. The SMILES string of the molecule is O=C(O)NCCCCC(NC(=O)O)C(=O)Nc1cc(C#Cc2ccccc2)cc(C#Cc2ccccc2)c1. The van der Waals surface area contributed by atoms with Crippen LogP contribution in [0.2, 0.25) is 0 Å². The van der Waals surface area contributed by atoms with E-state index < -0.39 is 24.1 Å². The van der Waals surface area contributed by atoms with E-state index in [1.54, 1.807) is 12.1 Å². The molecule has 1 unspecified atom stereocenters. The maximum atomic E-state index is 13.0. The molecule has 0 fully saturated rings. The van der Waals surface area contributed by atoms with Crippen molar-refractivity contribution in [1.29, 1.82) is 0 Å². The maximum absolute atomic E-state index is 13.0. The standard InChI is InChI=1S/C30H27N3O5/c34-28(27(33-30(37)38)13-7-8-18-31-29(35)36)32-26-20-24(16-14-22-9-3-1-4-10-22)19-25(21-26)17-15-23-11-5-2-6-12-23/h1-6,9-12,19-21,27,31,33H,7-8,13,18H2,(H,32,34)(H,35,36)(H,37,38). The number of anilines is 1. The lowest BCUT2D eigenvalue weighted by molar-refractivity contribution is -0.118. The molecule has 0 radical (unpaired) electrons. The van der Waals surface area contributed by atoms with E-state index in [2.05, 4.69) is 39.6 Å². The van der Waals surface area contributed by atoms with Gasteiger partial charge in [0.2, 0.25) is 5.91 Å². The van der Waals surface area contributed by atoms with Crippen LogP contribution in [0.5, 0.6) is 0 Å². The molecular weight excluding hydrogens is 482 g/mol. The van der Waals surface area contributed by atoms with Gasteiger partial charge in [-0.3, -0.25) is 4.79 Å². The molecule has 0 spiro atoms. The lowest BCUT2D eigenvalue weighted by Gasteiger charge is -2.17. The van der Waals surface area contributed by atoms with Crippen LogP contribution in [0.3, 0.4) is 0 Å². The van der Waals surface area contributed by atoms with Gasteiger partial charge < -0.3 is 26.2 Å². The highest BCUT2D eigenvalue weighted by atomic mass is 16.4. The quantitative estimate of drug-likeness (QED) is 0.226. The van der Waals surface area contributed by atoms with E-state index in [1.165, 1.54) is 0 Å². The first kappa shape index (κ1) is 27.4. The molecule has 3 aromatic carbocycles. The van der Waals surface area contributed by atoms with E-state index in [9.17, 15) is 19.5 Å². The van der Waals surface area contributed by atoms with Crippen LogP contribution < -0.4 is 16.0 Å². The van der Waals surface area contributed by atoms with Gasteiger partial charge in [-0.2, -0.15) is 0 Å². The minimum absolute atomic E-state index is 0.202. The molecule has 3 amide bonds. The molecular formula is C30H27N3O5. The summed E-state index contributed by atoms with van der Waals surface area (Å²) < 4.78 is 0. The smallest absolute Gasteiger partial charge is 0.405 e. The van der Waals surface area contributed by atoms with Crippen LogP contribution in [0, 0.1) is 23.7 Å². The van der Waals surface area contributed by atoms with Crippen molar-refractivity contribution in [1.82, 2.24) is 10.6 Å². The van der Waals surface area contributed by atoms with Crippen LogP contribution in [-0.2, 0) is 4.79 Å². The molecule has 0 saturated carbocycles. The average molecular weight is 510 g/mol. The van der Waals surface area contributed by atoms with Gasteiger partial charge in [-0.05, 0) is 61.7 Å². The molecule has 8 heteroatoms. The highest BCUT2D eigenvalue weighted by Gasteiger charge is 2.20. The molecule has 8 nitrogen and oxygen atoms in total. The molecule has 192 valence electrons. The number of rotatable bonds is 8. The summed E-state index contributed by atoms with van der Waals surface area (Å²) in [6.45, 7) is 0.211. The number of hydrogen-bond donors (Lipinski definition) is 5. The van der Waals surface area contributed by atoms with E-state index >= 15 is 0 Å². The number of carbonyl (C=O) groups is 3. The number of amides is 3. The summed E-state index contributed by atoms with van der Waals surface area (Å²) in [4.78, 5) is 34.8. The Balaban J connectivity index is 1.82. The fourth-order valence-corrected chi connectivity index (χ4v) is 3.49. The summed E-state index contributed by atoms with van der Waals surface area (Å²) in [6.07, 6.45) is -1.36. The van der Waals surface area contributed by atoms with Gasteiger partial charge in [0, 0.05) is 34.5 Å². The van der Waals surface area contributed by atoms with Crippen molar-refractivity contribution in [2.45, 2.75) is 25.3 Å². The number of unbranched alkanes of at least 4 members (excludes halogenated alkanes) is 1. The average Bonchev–Trinajstić information content (AvgIpc) is 2.90. The number of hydrogen-bond acceptors (Lipinski definition) is 3. The van der Waals surface area contributed by atoms with E-state index in [4.69, 9.17) is 5.11 Å². The summed E-state index contributed by atoms with van der Waals surface area (Å²) in [7, 11) is 0. The Morgan fingerprint density at radius 1 is 0.684 bits per heavy atom. The topological polar surface area (TPSA) is 128 Å². The third-order valence-electron chi connectivity index (χ3n) is 5.26. The van der Waals surface area contributed by atoms with Crippen LogP contribution in [0.1, 0.15) is 41.5 Å². The monoisotopic (exact) mass is 509 g/mol. The van der Waals surface area contributed by atoms with Crippen molar-refractivity contribution < 1.29 is 24.6 Å². The Hall–Kier alpha value is -5.21. The number of nitrogens with one attached hydrogen (secondary N) is 3. The summed E-state index contributed by atoms with van der Waals surface area (Å²) in [6, 6.07) is 23.2. The minimum Gasteiger partial charge on any atom is -0.465 e. The Morgan fingerprint density at radius 3 is 1.71 bits per heavy atom. The molecule has 3 rings (SSSR count). The summed E-state index contributed by atoms with van der Waals surface area (Å²) in [5, 5.41) is 25.1.